The van der Waals surface area contributed by atoms with Crippen LogP contribution in [0, 0.1) is 20.8 Å². The summed E-state index contributed by atoms with van der Waals surface area (Å²) in [4.78, 5) is 4.71. The second-order valence-electron chi connectivity index (χ2n) is 13.3. The second-order valence-corrected chi connectivity index (χ2v) is 14.4. The number of hydrogen-bond acceptors (Lipinski definition) is 2. The number of hydrogen-bond donors (Lipinski definition) is 0. The van der Waals surface area contributed by atoms with Crippen molar-refractivity contribution in [1.82, 2.24) is 14.1 Å². The summed E-state index contributed by atoms with van der Waals surface area (Å²) in [7, 11) is 0. The number of rotatable bonds is 4. The fourth-order valence-electron chi connectivity index (χ4n) is 8.12. The van der Waals surface area contributed by atoms with Crippen molar-refractivity contribution >= 4 is 64.3 Å². The highest BCUT2D eigenvalue weighted by molar-refractivity contribution is 7.26. The summed E-state index contributed by atoms with van der Waals surface area (Å²) in [6.07, 6.45) is 4.12. The number of imidazole rings is 1. The summed E-state index contributed by atoms with van der Waals surface area (Å²) in [5, 5.41) is 5.18. The summed E-state index contributed by atoms with van der Waals surface area (Å²) in [5.41, 5.74) is 14.1. The third-order valence-electron chi connectivity index (χ3n) is 10.1. The van der Waals surface area contributed by atoms with Crippen molar-refractivity contribution in [2.24, 2.45) is 0 Å². The Labute approximate surface area is 293 Å². The third-order valence-corrected chi connectivity index (χ3v) is 11.2. The van der Waals surface area contributed by atoms with Gasteiger partial charge in [0.1, 0.15) is 11.4 Å². The Kier molecular flexibility index (Phi) is 6.36. The van der Waals surface area contributed by atoms with Crippen LogP contribution in [0.15, 0.2) is 146 Å². The molecule has 0 unspecified atom stereocenters. The minimum Gasteiger partial charge on any atom is -0.309 e. The summed E-state index contributed by atoms with van der Waals surface area (Å²) in [6, 6.07) is 48.6. The van der Waals surface area contributed by atoms with Crippen molar-refractivity contribution in [1.29, 1.82) is 0 Å². The first-order valence-electron chi connectivity index (χ1n) is 17.0. The van der Waals surface area contributed by atoms with Gasteiger partial charge in [-0.3, -0.25) is 4.98 Å². The van der Waals surface area contributed by atoms with Crippen LogP contribution in [0.5, 0.6) is 0 Å². The number of aromatic nitrogens is 4. The predicted molar refractivity (Wildman–Crippen MR) is 209 cm³/mol. The summed E-state index contributed by atoms with van der Waals surface area (Å²) in [5.74, 6) is 0. The van der Waals surface area contributed by atoms with Gasteiger partial charge in [-0.1, -0.05) is 72.3 Å². The van der Waals surface area contributed by atoms with Gasteiger partial charge in [-0.15, -0.1) is 11.3 Å². The molecule has 10 aromatic rings. The Morgan fingerprint density at radius 1 is 0.580 bits per heavy atom. The summed E-state index contributed by atoms with van der Waals surface area (Å²) >= 11 is 1.87. The topological polar surface area (TPSA) is 26.6 Å². The summed E-state index contributed by atoms with van der Waals surface area (Å²) in [6.45, 7) is 6.59. The molecule has 0 N–H and O–H groups in total. The maximum atomic E-state index is 4.71. The van der Waals surface area contributed by atoms with Crippen LogP contribution in [0.3, 0.4) is 0 Å². The summed E-state index contributed by atoms with van der Waals surface area (Å²) < 4.78 is 9.75. The molecular weight excluding hydrogens is 629 g/mol. The molecule has 0 amide bonds. The lowest BCUT2D eigenvalue weighted by molar-refractivity contribution is -0.568. The van der Waals surface area contributed by atoms with E-state index in [4.69, 9.17) is 4.98 Å². The molecule has 4 nitrogen and oxygen atoms in total. The van der Waals surface area contributed by atoms with Crippen LogP contribution in [-0.2, 0) is 0 Å². The zero-order valence-electron chi connectivity index (χ0n) is 28.1. The van der Waals surface area contributed by atoms with Gasteiger partial charge in [-0.2, -0.15) is 9.13 Å². The van der Waals surface area contributed by atoms with E-state index in [1.165, 1.54) is 69.9 Å². The van der Waals surface area contributed by atoms with Gasteiger partial charge in [0, 0.05) is 48.8 Å². The maximum absolute atomic E-state index is 4.71. The minimum atomic E-state index is 0.969. The highest BCUT2D eigenvalue weighted by Crippen LogP contribution is 2.44. The number of para-hydroxylation sites is 2. The Balaban J connectivity index is 1.25. The number of aryl methyl sites for hydroxylation is 3. The molecule has 6 aromatic carbocycles. The first-order chi connectivity index (χ1) is 24.5. The van der Waals surface area contributed by atoms with E-state index >= 15 is 0 Å². The number of thiophene rings is 1. The molecule has 0 saturated heterocycles. The molecule has 0 saturated carbocycles. The van der Waals surface area contributed by atoms with Crippen LogP contribution in [0.1, 0.15) is 16.7 Å². The zero-order chi connectivity index (χ0) is 33.5. The van der Waals surface area contributed by atoms with Gasteiger partial charge in [0.15, 0.2) is 11.0 Å². The normalized spacial score (nSPS) is 11.9. The smallest absolute Gasteiger partial charge is 0.255 e. The van der Waals surface area contributed by atoms with Crippen LogP contribution in [-0.4, -0.2) is 14.1 Å². The molecule has 0 atom stereocenters. The molecule has 0 fully saturated rings. The number of nitrogens with zero attached hydrogens (tertiary/aromatic N) is 4. The third kappa shape index (κ3) is 4.30. The van der Waals surface area contributed by atoms with E-state index < -0.39 is 0 Å². The van der Waals surface area contributed by atoms with Crippen LogP contribution in [0.4, 0.5) is 0 Å². The monoisotopic (exact) mass is 661 g/mol. The molecule has 0 aliphatic rings. The molecule has 0 aliphatic carbocycles. The fraction of sp³-hybridized carbons (Fsp3) is 0.0667. The lowest BCUT2D eigenvalue weighted by Crippen LogP contribution is -2.31. The molecule has 5 heteroatoms. The van der Waals surface area contributed by atoms with Crippen LogP contribution >= 0.6 is 11.3 Å². The number of fused-ring (bicyclic) bond motifs is 8. The quantitative estimate of drug-likeness (QED) is 0.172. The molecular formula is C45H33N4S+. The van der Waals surface area contributed by atoms with Gasteiger partial charge in [0.25, 0.3) is 6.33 Å². The minimum absolute atomic E-state index is 0.969. The van der Waals surface area contributed by atoms with E-state index in [2.05, 4.69) is 168 Å². The molecule has 238 valence electrons. The van der Waals surface area contributed by atoms with Gasteiger partial charge >= 0.3 is 0 Å². The van der Waals surface area contributed by atoms with Gasteiger partial charge < -0.3 is 4.57 Å². The van der Waals surface area contributed by atoms with E-state index in [1.54, 1.807) is 0 Å². The first-order valence-corrected chi connectivity index (χ1v) is 17.9. The maximum Gasteiger partial charge on any atom is 0.255 e. The average Bonchev–Trinajstić information content (AvgIpc) is 3.81. The standard InChI is InChI=1S/C45H33N4S/c1-28-23-29(2)45(30(3)24-28)48-27-47(37-15-5-6-16-38(37)48)32-11-10-12-33(26-32)49-39-20-21-42-44(35-13-4-7-17-41(35)50-42)43(39)34-19-18-31(25-40(34)49)36-14-8-9-22-46-36/h4-27H,1-3H3/q+1. The second kappa shape index (κ2) is 11.0. The molecule has 10 rings (SSSR count). The van der Waals surface area contributed by atoms with Gasteiger partial charge in [0.2, 0.25) is 0 Å². The van der Waals surface area contributed by atoms with Crippen molar-refractivity contribution in [2.45, 2.75) is 20.8 Å². The van der Waals surface area contributed by atoms with Crippen LogP contribution in [0.2, 0.25) is 0 Å². The van der Waals surface area contributed by atoms with Crippen LogP contribution in [0.25, 0.3) is 81.3 Å². The molecule has 0 aliphatic heterocycles. The largest absolute Gasteiger partial charge is 0.309 e. The Bertz CT molecular complexity index is 2940. The number of benzene rings is 6. The molecule has 0 radical (unpaired) electrons. The highest BCUT2D eigenvalue weighted by atomic mass is 32.1. The van der Waals surface area contributed by atoms with Crippen molar-refractivity contribution < 1.29 is 4.57 Å². The van der Waals surface area contributed by atoms with Crippen LogP contribution < -0.4 is 4.57 Å². The average molecular weight is 662 g/mol. The van der Waals surface area contributed by atoms with Gasteiger partial charge in [-0.25, -0.2) is 0 Å². The molecule has 50 heavy (non-hydrogen) atoms. The van der Waals surface area contributed by atoms with Crippen molar-refractivity contribution in [3.63, 3.8) is 0 Å². The van der Waals surface area contributed by atoms with E-state index in [1.807, 2.05) is 23.6 Å². The van der Waals surface area contributed by atoms with E-state index in [0.717, 1.165) is 28.1 Å². The SMILES string of the molecule is Cc1cc(C)c(-[n+]2cn(-c3cccc(-n4c5cc(-c6ccccn6)ccc5c5c6c(ccc54)sc4ccccc46)c3)c3ccccc32)c(C)c1. The molecule has 4 aromatic heterocycles. The lowest BCUT2D eigenvalue weighted by atomic mass is 10.0. The Morgan fingerprint density at radius 2 is 1.38 bits per heavy atom. The van der Waals surface area contributed by atoms with Gasteiger partial charge in [0.05, 0.1) is 22.4 Å². The van der Waals surface area contributed by atoms with E-state index in [0.29, 0.717) is 0 Å². The molecule has 4 heterocycles. The Morgan fingerprint density at radius 3 is 2.24 bits per heavy atom. The zero-order valence-corrected chi connectivity index (χ0v) is 28.9. The first kappa shape index (κ1) is 28.9. The number of pyridine rings is 1. The predicted octanol–water partition coefficient (Wildman–Crippen LogP) is 11.4. The molecule has 0 bridgehead atoms. The van der Waals surface area contributed by atoms with Gasteiger partial charge in [-0.05, 0) is 92.6 Å². The lowest BCUT2D eigenvalue weighted by Gasteiger charge is -2.10. The fourth-order valence-corrected chi connectivity index (χ4v) is 9.24. The highest BCUT2D eigenvalue weighted by Gasteiger charge is 2.23. The van der Waals surface area contributed by atoms with Crippen molar-refractivity contribution in [3.05, 3.63) is 163 Å². The van der Waals surface area contributed by atoms with Crippen molar-refractivity contribution in [3.8, 4) is 28.3 Å². The van der Waals surface area contributed by atoms with E-state index in [-0.39, 0.29) is 0 Å². The molecule has 0 spiro atoms. The Hall–Kier alpha value is -6.04. The van der Waals surface area contributed by atoms with E-state index in [9.17, 15) is 0 Å². The van der Waals surface area contributed by atoms with Crippen molar-refractivity contribution in [2.75, 3.05) is 0 Å².